The number of benzene rings is 1. The number of hydrogen-bond acceptors (Lipinski definition) is 3. The van der Waals surface area contributed by atoms with Crippen molar-refractivity contribution in [2.24, 2.45) is 4.99 Å². The molecule has 1 aromatic heterocycles. The van der Waals surface area contributed by atoms with Gasteiger partial charge in [-0.15, -0.1) is 11.3 Å². The van der Waals surface area contributed by atoms with Crippen molar-refractivity contribution in [1.82, 2.24) is 10.6 Å². The molecule has 0 spiro atoms. The second-order valence-electron chi connectivity index (χ2n) is 5.50. The lowest BCUT2D eigenvalue weighted by Crippen LogP contribution is -2.42. The maximum Gasteiger partial charge on any atom is 0.191 e. The molecular formula is C18H25N3OS. The van der Waals surface area contributed by atoms with E-state index in [-0.39, 0.29) is 0 Å². The summed E-state index contributed by atoms with van der Waals surface area (Å²) in [5.74, 6) is 1.69. The standard InChI is InChI=1S/C18H25N3OS/c1-13(11-16-10-9-14(2)23-16)21-18(19-3)20-12-15-7-5-6-8-17(15)22-4/h5-10,13H,11-12H2,1-4H3,(H2,19,20,21). The first-order chi connectivity index (χ1) is 11.1. The molecule has 0 fully saturated rings. The third-order valence-electron chi connectivity index (χ3n) is 3.55. The Bertz CT molecular complexity index is 651. The maximum atomic E-state index is 5.37. The Balaban J connectivity index is 1.87. The normalized spacial score (nSPS) is 12.8. The van der Waals surface area contributed by atoms with E-state index in [0.29, 0.717) is 12.6 Å². The highest BCUT2D eigenvalue weighted by atomic mass is 32.1. The minimum absolute atomic E-state index is 0.317. The van der Waals surface area contributed by atoms with Gasteiger partial charge in [0.25, 0.3) is 0 Å². The first kappa shape index (κ1) is 17.3. The number of thiophene rings is 1. The average Bonchev–Trinajstić information content (AvgIpc) is 2.96. The van der Waals surface area contributed by atoms with Crippen LogP contribution in [-0.4, -0.2) is 26.2 Å². The van der Waals surface area contributed by atoms with Crippen LogP contribution in [0.4, 0.5) is 0 Å². The summed E-state index contributed by atoms with van der Waals surface area (Å²) < 4.78 is 5.37. The van der Waals surface area contributed by atoms with Crippen LogP contribution in [0.2, 0.25) is 0 Å². The SMILES string of the molecule is CN=C(NCc1ccccc1OC)NC(C)Cc1ccc(C)s1. The van der Waals surface area contributed by atoms with E-state index in [2.05, 4.69) is 47.7 Å². The lowest BCUT2D eigenvalue weighted by Gasteiger charge is -2.18. The van der Waals surface area contributed by atoms with Gasteiger partial charge in [0.05, 0.1) is 7.11 Å². The van der Waals surface area contributed by atoms with E-state index in [1.807, 2.05) is 29.5 Å². The largest absolute Gasteiger partial charge is 0.496 e. The van der Waals surface area contributed by atoms with Gasteiger partial charge < -0.3 is 15.4 Å². The Morgan fingerprint density at radius 2 is 2.04 bits per heavy atom. The molecule has 0 aliphatic carbocycles. The predicted molar refractivity (Wildman–Crippen MR) is 98.6 cm³/mol. The summed E-state index contributed by atoms with van der Waals surface area (Å²) >= 11 is 1.85. The maximum absolute atomic E-state index is 5.37. The van der Waals surface area contributed by atoms with E-state index < -0.39 is 0 Å². The van der Waals surface area contributed by atoms with Crippen LogP contribution in [0.15, 0.2) is 41.4 Å². The monoisotopic (exact) mass is 331 g/mol. The molecule has 1 aromatic carbocycles. The first-order valence-corrected chi connectivity index (χ1v) is 8.58. The van der Waals surface area contributed by atoms with Crippen LogP contribution in [0.1, 0.15) is 22.2 Å². The van der Waals surface area contributed by atoms with Crippen molar-refractivity contribution in [3.8, 4) is 5.75 Å². The molecule has 1 atom stereocenters. The summed E-state index contributed by atoms with van der Waals surface area (Å²) in [5.41, 5.74) is 1.11. The molecule has 0 amide bonds. The molecule has 1 unspecified atom stereocenters. The van der Waals surface area contributed by atoms with Crippen molar-refractivity contribution in [3.05, 3.63) is 51.7 Å². The fraction of sp³-hybridized carbons (Fsp3) is 0.389. The molecular weight excluding hydrogens is 306 g/mol. The zero-order valence-electron chi connectivity index (χ0n) is 14.2. The third kappa shape index (κ3) is 5.28. The minimum atomic E-state index is 0.317. The quantitative estimate of drug-likeness (QED) is 0.630. The summed E-state index contributed by atoms with van der Waals surface area (Å²) in [6.45, 7) is 4.99. The van der Waals surface area contributed by atoms with E-state index in [4.69, 9.17) is 4.74 Å². The van der Waals surface area contributed by atoms with Gasteiger partial charge in [0.15, 0.2) is 5.96 Å². The minimum Gasteiger partial charge on any atom is -0.496 e. The highest BCUT2D eigenvalue weighted by Gasteiger charge is 2.08. The number of hydrogen-bond donors (Lipinski definition) is 2. The molecule has 0 radical (unpaired) electrons. The summed E-state index contributed by atoms with van der Waals surface area (Å²) in [7, 11) is 3.48. The lowest BCUT2D eigenvalue weighted by atomic mass is 10.2. The van der Waals surface area contributed by atoms with Crippen LogP contribution in [0.25, 0.3) is 0 Å². The molecule has 1 heterocycles. The molecule has 0 saturated carbocycles. The number of para-hydroxylation sites is 1. The lowest BCUT2D eigenvalue weighted by molar-refractivity contribution is 0.409. The molecule has 5 heteroatoms. The fourth-order valence-corrected chi connectivity index (χ4v) is 3.42. The van der Waals surface area contributed by atoms with E-state index in [9.17, 15) is 0 Å². The summed E-state index contributed by atoms with van der Waals surface area (Å²) in [6.07, 6.45) is 0.994. The summed E-state index contributed by atoms with van der Waals surface area (Å²) in [6, 6.07) is 12.7. The molecule has 2 rings (SSSR count). The highest BCUT2D eigenvalue weighted by Crippen LogP contribution is 2.17. The van der Waals surface area contributed by atoms with E-state index in [1.165, 1.54) is 9.75 Å². The number of aliphatic imine (C=N–C) groups is 1. The van der Waals surface area contributed by atoms with Gasteiger partial charge in [-0.1, -0.05) is 18.2 Å². The highest BCUT2D eigenvalue weighted by molar-refractivity contribution is 7.11. The van der Waals surface area contributed by atoms with Crippen molar-refractivity contribution in [2.75, 3.05) is 14.2 Å². The van der Waals surface area contributed by atoms with E-state index >= 15 is 0 Å². The molecule has 0 aliphatic rings. The van der Waals surface area contributed by atoms with Gasteiger partial charge in [-0.2, -0.15) is 0 Å². The number of aryl methyl sites for hydroxylation is 1. The Hall–Kier alpha value is -2.01. The van der Waals surface area contributed by atoms with Crippen LogP contribution in [-0.2, 0) is 13.0 Å². The van der Waals surface area contributed by atoms with Gasteiger partial charge >= 0.3 is 0 Å². The third-order valence-corrected chi connectivity index (χ3v) is 4.57. The Morgan fingerprint density at radius 3 is 2.70 bits per heavy atom. The van der Waals surface area contributed by atoms with Gasteiger partial charge in [0, 0.05) is 41.4 Å². The van der Waals surface area contributed by atoms with Crippen molar-refractivity contribution in [2.45, 2.75) is 32.9 Å². The predicted octanol–water partition coefficient (Wildman–Crippen LogP) is 3.36. The number of guanidine groups is 1. The van der Waals surface area contributed by atoms with Gasteiger partial charge in [0.1, 0.15) is 5.75 Å². The molecule has 124 valence electrons. The Morgan fingerprint density at radius 1 is 1.26 bits per heavy atom. The Kier molecular flexibility index (Phi) is 6.47. The van der Waals surface area contributed by atoms with Crippen LogP contribution in [0, 0.1) is 6.92 Å². The smallest absolute Gasteiger partial charge is 0.191 e. The topological polar surface area (TPSA) is 45.7 Å². The molecule has 0 saturated heterocycles. The van der Waals surface area contributed by atoms with Crippen LogP contribution >= 0.6 is 11.3 Å². The number of methoxy groups -OCH3 is 1. The first-order valence-electron chi connectivity index (χ1n) is 7.76. The number of rotatable bonds is 6. The Labute approximate surface area is 142 Å². The molecule has 23 heavy (non-hydrogen) atoms. The van der Waals surface area contributed by atoms with Crippen LogP contribution in [0.3, 0.4) is 0 Å². The average molecular weight is 331 g/mol. The second-order valence-corrected chi connectivity index (χ2v) is 6.87. The molecule has 4 nitrogen and oxygen atoms in total. The summed E-state index contributed by atoms with van der Waals surface area (Å²) in [4.78, 5) is 7.05. The summed E-state index contributed by atoms with van der Waals surface area (Å²) in [5, 5.41) is 6.78. The van der Waals surface area contributed by atoms with Crippen LogP contribution in [0.5, 0.6) is 5.75 Å². The number of nitrogens with one attached hydrogen (secondary N) is 2. The molecule has 0 bridgehead atoms. The van der Waals surface area contributed by atoms with Gasteiger partial charge in [-0.25, -0.2) is 0 Å². The zero-order chi connectivity index (χ0) is 16.7. The van der Waals surface area contributed by atoms with Crippen molar-refractivity contribution < 1.29 is 4.74 Å². The van der Waals surface area contributed by atoms with Crippen molar-refractivity contribution in [3.63, 3.8) is 0 Å². The van der Waals surface area contributed by atoms with E-state index in [1.54, 1.807) is 14.2 Å². The molecule has 2 N–H and O–H groups in total. The van der Waals surface area contributed by atoms with Crippen LogP contribution < -0.4 is 15.4 Å². The van der Waals surface area contributed by atoms with Crippen molar-refractivity contribution in [1.29, 1.82) is 0 Å². The molecule has 2 aromatic rings. The van der Waals surface area contributed by atoms with Crippen molar-refractivity contribution >= 4 is 17.3 Å². The second kappa shape index (κ2) is 8.58. The van der Waals surface area contributed by atoms with E-state index in [0.717, 1.165) is 23.7 Å². The number of nitrogens with zero attached hydrogens (tertiary/aromatic N) is 1. The fourth-order valence-electron chi connectivity index (χ4n) is 2.40. The van der Waals surface area contributed by atoms with Gasteiger partial charge in [-0.3, -0.25) is 4.99 Å². The zero-order valence-corrected chi connectivity index (χ0v) is 15.0. The number of ether oxygens (including phenoxy) is 1. The van der Waals surface area contributed by atoms with Gasteiger partial charge in [0.2, 0.25) is 0 Å². The molecule has 0 aliphatic heterocycles. The van der Waals surface area contributed by atoms with Gasteiger partial charge in [-0.05, 0) is 32.0 Å².